The number of benzene rings is 1. The first kappa shape index (κ1) is 16.3. The minimum absolute atomic E-state index is 0.0413. The Morgan fingerprint density at radius 1 is 1.05 bits per heavy atom. The fraction of sp³-hybridized carbons (Fsp3) is 0.625. The van der Waals surface area contributed by atoms with Crippen LogP contribution in [-0.2, 0) is 14.3 Å². The zero-order valence-corrected chi connectivity index (χ0v) is 13.7. The first-order chi connectivity index (χ1) is 9.68. The van der Waals surface area contributed by atoms with Gasteiger partial charge in [0.05, 0.1) is 11.0 Å². The van der Waals surface area contributed by atoms with Crippen LogP contribution in [0.1, 0.15) is 46.5 Å². The lowest BCUT2D eigenvalue weighted by Gasteiger charge is -2.36. The van der Waals surface area contributed by atoms with Gasteiger partial charge < -0.3 is 5.11 Å². The van der Waals surface area contributed by atoms with Crippen molar-refractivity contribution in [2.45, 2.75) is 57.5 Å². The molecule has 1 N–H and O–H groups in total. The van der Waals surface area contributed by atoms with Crippen molar-refractivity contribution < 1.29 is 17.7 Å². The van der Waals surface area contributed by atoms with Crippen molar-refractivity contribution in [1.29, 1.82) is 0 Å². The molecule has 1 aromatic rings. The summed E-state index contributed by atoms with van der Waals surface area (Å²) in [6.07, 6.45) is 3.32. The van der Waals surface area contributed by atoms with Gasteiger partial charge in [-0.25, -0.2) is 0 Å². The van der Waals surface area contributed by atoms with Crippen LogP contribution in [0.15, 0.2) is 29.2 Å². The third-order valence-corrected chi connectivity index (χ3v) is 5.66. The van der Waals surface area contributed by atoms with Gasteiger partial charge in [-0.15, -0.1) is 0 Å². The molecule has 1 aliphatic rings. The first-order valence-corrected chi connectivity index (χ1v) is 8.81. The Bertz CT molecular complexity index is 561. The molecule has 1 fully saturated rings. The van der Waals surface area contributed by atoms with E-state index in [1.54, 1.807) is 0 Å². The van der Waals surface area contributed by atoms with E-state index in [0.717, 1.165) is 25.7 Å². The van der Waals surface area contributed by atoms with Crippen LogP contribution >= 0.6 is 0 Å². The second-order valence-corrected chi connectivity index (χ2v) is 8.46. The van der Waals surface area contributed by atoms with Crippen molar-refractivity contribution in [1.82, 2.24) is 0 Å². The van der Waals surface area contributed by atoms with Crippen molar-refractivity contribution in [3.05, 3.63) is 24.3 Å². The molecule has 0 radical (unpaired) electrons. The second kappa shape index (κ2) is 5.97. The molecule has 0 bridgehead atoms. The molecular formula is C16H24O4S. The third-order valence-electron chi connectivity index (χ3n) is 4.29. The van der Waals surface area contributed by atoms with Crippen LogP contribution in [0.25, 0.3) is 0 Å². The third kappa shape index (κ3) is 4.20. The highest BCUT2D eigenvalue weighted by molar-refractivity contribution is 7.86. The fourth-order valence-corrected chi connectivity index (χ4v) is 4.00. The molecule has 0 spiro atoms. The Morgan fingerprint density at radius 2 is 1.57 bits per heavy atom. The molecule has 0 heterocycles. The number of phenolic OH excluding ortho intramolecular Hbond substituents is 1. The summed E-state index contributed by atoms with van der Waals surface area (Å²) in [5, 5.41) is 9.21. The first-order valence-electron chi connectivity index (χ1n) is 7.41. The smallest absolute Gasteiger partial charge is 0.297 e. The van der Waals surface area contributed by atoms with Gasteiger partial charge in [-0.1, -0.05) is 20.8 Å². The summed E-state index contributed by atoms with van der Waals surface area (Å²) in [6, 6.07) is 5.44. The molecule has 0 unspecified atom stereocenters. The molecule has 1 aliphatic carbocycles. The zero-order chi connectivity index (χ0) is 15.7. The number of hydrogen-bond donors (Lipinski definition) is 1. The van der Waals surface area contributed by atoms with E-state index in [4.69, 9.17) is 4.18 Å². The van der Waals surface area contributed by atoms with Crippen LogP contribution in [0.5, 0.6) is 5.75 Å². The Kier molecular flexibility index (Phi) is 4.63. The number of hydrogen-bond acceptors (Lipinski definition) is 4. The van der Waals surface area contributed by atoms with E-state index < -0.39 is 10.1 Å². The average molecular weight is 312 g/mol. The molecule has 1 aromatic carbocycles. The quantitative estimate of drug-likeness (QED) is 0.864. The summed E-state index contributed by atoms with van der Waals surface area (Å²) < 4.78 is 29.7. The average Bonchev–Trinajstić information content (AvgIpc) is 2.38. The minimum atomic E-state index is -3.74. The van der Waals surface area contributed by atoms with Crippen LogP contribution in [0, 0.1) is 11.3 Å². The van der Waals surface area contributed by atoms with Crippen molar-refractivity contribution in [3.63, 3.8) is 0 Å². The molecule has 21 heavy (non-hydrogen) atoms. The van der Waals surface area contributed by atoms with Crippen molar-refractivity contribution in [3.8, 4) is 5.75 Å². The Labute approximate surface area is 127 Å². The molecule has 1 saturated carbocycles. The molecule has 5 heteroatoms. The highest BCUT2D eigenvalue weighted by atomic mass is 32.2. The lowest BCUT2D eigenvalue weighted by atomic mass is 9.72. The van der Waals surface area contributed by atoms with E-state index in [0.29, 0.717) is 5.92 Å². The molecule has 0 amide bonds. The molecule has 4 nitrogen and oxygen atoms in total. The maximum atomic E-state index is 12.2. The molecular weight excluding hydrogens is 288 g/mol. The summed E-state index contributed by atoms with van der Waals surface area (Å²) in [7, 11) is -3.74. The summed E-state index contributed by atoms with van der Waals surface area (Å²) in [4.78, 5) is 0.0956. The maximum absolute atomic E-state index is 12.2. The number of phenols is 1. The van der Waals surface area contributed by atoms with E-state index in [2.05, 4.69) is 20.8 Å². The van der Waals surface area contributed by atoms with Gasteiger partial charge in [0.2, 0.25) is 0 Å². The predicted molar refractivity (Wildman–Crippen MR) is 81.6 cm³/mol. The van der Waals surface area contributed by atoms with Crippen molar-refractivity contribution in [2.24, 2.45) is 11.3 Å². The predicted octanol–water partition coefficient (Wildman–Crippen LogP) is 3.70. The largest absolute Gasteiger partial charge is 0.508 e. The summed E-state index contributed by atoms with van der Waals surface area (Å²) >= 11 is 0. The van der Waals surface area contributed by atoms with E-state index in [-0.39, 0.29) is 22.2 Å². The van der Waals surface area contributed by atoms with Gasteiger partial charge in [0, 0.05) is 0 Å². The number of aromatic hydroxyl groups is 1. The number of rotatable bonds is 3. The van der Waals surface area contributed by atoms with Crippen LogP contribution in [-0.4, -0.2) is 19.6 Å². The van der Waals surface area contributed by atoms with Crippen molar-refractivity contribution in [2.75, 3.05) is 0 Å². The van der Waals surface area contributed by atoms with Gasteiger partial charge >= 0.3 is 0 Å². The fourth-order valence-electron chi connectivity index (χ4n) is 2.87. The monoisotopic (exact) mass is 312 g/mol. The molecule has 0 aromatic heterocycles. The van der Waals surface area contributed by atoms with E-state index in [1.165, 1.54) is 24.3 Å². The normalized spacial score (nSPS) is 24.0. The van der Waals surface area contributed by atoms with E-state index in [9.17, 15) is 13.5 Å². The van der Waals surface area contributed by atoms with Gasteiger partial charge in [-0.3, -0.25) is 4.18 Å². The molecule has 118 valence electrons. The molecule has 0 saturated heterocycles. The van der Waals surface area contributed by atoms with Gasteiger partial charge in [-0.2, -0.15) is 8.42 Å². The van der Waals surface area contributed by atoms with Gasteiger partial charge in [0.1, 0.15) is 5.75 Å². The lowest BCUT2D eigenvalue weighted by Crippen LogP contribution is -2.30. The Balaban J connectivity index is 1.98. The summed E-state index contributed by atoms with van der Waals surface area (Å²) in [6.45, 7) is 6.68. The van der Waals surface area contributed by atoms with Crippen LogP contribution in [0.4, 0.5) is 0 Å². The molecule has 0 atom stereocenters. The summed E-state index contributed by atoms with van der Waals surface area (Å²) in [5.41, 5.74) is 0.265. The Morgan fingerprint density at radius 3 is 2.05 bits per heavy atom. The Hall–Kier alpha value is -1.07. The van der Waals surface area contributed by atoms with Crippen LogP contribution < -0.4 is 0 Å². The lowest BCUT2D eigenvalue weighted by molar-refractivity contribution is 0.0924. The summed E-state index contributed by atoms with van der Waals surface area (Å²) in [5.74, 6) is 0.661. The topological polar surface area (TPSA) is 63.6 Å². The van der Waals surface area contributed by atoms with Crippen LogP contribution in [0.3, 0.4) is 0 Å². The highest BCUT2D eigenvalue weighted by Crippen LogP contribution is 2.39. The van der Waals surface area contributed by atoms with Gasteiger partial charge in [-0.05, 0) is 61.3 Å². The standard InChI is InChI=1S/C16H24O4S/c1-16(2,3)12-4-8-14(9-5-12)20-21(18,19)15-10-6-13(17)7-11-15/h6-7,10-12,14,17H,4-5,8-9H2,1-3H3. The zero-order valence-electron chi connectivity index (χ0n) is 12.9. The van der Waals surface area contributed by atoms with Gasteiger partial charge in [0.15, 0.2) is 0 Å². The maximum Gasteiger partial charge on any atom is 0.297 e. The SMILES string of the molecule is CC(C)(C)C1CCC(OS(=O)(=O)c2ccc(O)cc2)CC1. The highest BCUT2D eigenvalue weighted by Gasteiger charge is 2.32. The van der Waals surface area contributed by atoms with E-state index >= 15 is 0 Å². The van der Waals surface area contributed by atoms with E-state index in [1.807, 2.05) is 0 Å². The molecule has 0 aliphatic heterocycles. The second-order valence-electron chi connectivity index (χ2n) is 6.88. The van der Waals surface area contributed by atoms with Crippen molar-refractivity contribution >= 4 is 10.1 Å². The van der Waals surface area contributed by atoms with Gasteiger partial charge in [0.25, 0.3) is 10.1 Å². The minimum Gasteiger partial charge on any atom is -0.508 e. The van der Waals surface area contributed by atoms with Crippen LogP contribution in [0.2, 0.25) is 0 Å². The molecule has 2 rings (SSSR count).